The van der Waals surface area contributed by atoms with Crippen LogP contribution in [0.2, 0.25) is 10.0 Å². The van der Waals surface area contributed by atoms with Crippen molar-refractivity contribution in [2.75, 3.05) is 40.8 Å². The van der Waals surface area contributed by atoms with E-state index in [-0.39, 0.29) is 34.0 Å². The van der Waals surface area contributed by atoms with E-state index in [0.717, 1.165) is 16.8 Å². The van der Waals surface area contributed by atoms with E-state index in [1.807, 2.05) is 54.9 Å². The van der Waals surface area contributed by atoms with Gasteiger partial charge in [0.15, 0.2) is 0 Å². The average molecular weight is 646 g/mol. The lowest BCUT2D eigenvalue weighted by molar-refractivity contribution is -0.133. The zero-order chi connectivity index (χ0) is 30.9. The number of nitrogens with zero attached hydrogens (tertiary/aromatic N) is 6. The van der Waals surface area contributed by atoms with Crippen LogP contribution in [0, 0.1) is 6.92 Å². The minimum Gasteiger partial charge on any atom is -0.487 e. The Morgan fingerprint density at radius 2 is 1.93 bits per heavy atom. The van der Waals surface area contributed by atoms with Crippen LogP contribution in [0.3, 0.4) is 0 Å². The molecule has 5 rings (SSSR count). The summed E-state index contributed by atoms with van der Waals surface area (Å²) in [5, 5.41) is 1.09. The van der Waals surface area contributed by atoms with E-state index >= 15 is 0 Å². The van der Waals surface area contributed by atoms with Crippen LogP contribution in [0.4, 0.5) is 0 Å². The van der Waals surface area contributed by atoms with Crippen molar-refractivity contribution in [2.45, 2.75) is 37.3 Å². The number of aryl methyl sites for hydroxylation is 1. The molecule has 228 valence electrons. The molecule has 10 nitrogen and oxygen atoms in total. The van der Waals surface area contributed by atoms with Gasteiger partial charge in [-0.2, -0.15) is 4.31 Å². The Morgan fingerprint density at radius 1 is 1.14 bits per heavy atom. The van der Waals surface area contributed by atoms with E-state index in [1.165, 1.54) is 16.4 Å². The van der Waals surface area contributed by atoms with Crippen molar-refractivity contribution in [1.82, 2.24) is 28.6 Å². The fourth-order valence-electron chi connectivity index (χ4n) is 5.23. The lowest BCUT2D eigenvalue weighted by Gasteiger charge is -2.28. The molecule has 1 amide bonds. The molecule has 1 saturated heterocycles. The zero-order valence-corrected chi connectivity index (χ0v) is 26.8. The van der Waals surface area contributed by atoms with Crippen molar-refractivity contribution < 1.29 is 17.9 Å². The molecule has 0 spiro atoms. The second kappa shape index (κ2) is 12.8. The summed E-state index contributed by atoms with van der Waals surface area (Å²) in [5.74, 6) is 0.263. The molecule has 0 N–H and O–H groups in total. The van der Waals surface area contributed by atoms with Crippen molar-refractivity contribution in [1.29, 1.82) is 0 Å². The van der Waals surface area contributed by atoms with E-state index in [4.69, 9.17) is 32.9 Å². The van der Waals surface area contributed by atoms with Crippen LogP contribution in [0.15, 0.2) is 60.0 Å². The topological polar surface area (TPSA) is 101 Å². The molecular formula is C30H34Cl2N6O4S. The summed E-state index contributed by atoms with van der Waals surface area (Å²) in [4.78, 5) is 25.6. The third-order valence-corrected chi connectivity index (χ3v) is 10.4. The minimum absolute atomic E-state index is 0.0324. The highest BCUT2D eigenvalue weighted by molar-refractivity contribution is 7.89. The van der Waals surface area contributed by atoms with E-state index in [9.17, 15) is 13.2 Å². The Morgan fingerprint density at radius 3 is 2.65 bits per heavy atom. The summed E-state index contributed by atoms with van der Waals surface area (Å²) in [5.41, 5.74) is 2.66. The number of halogens is 2. The van der Waals surface area contributed by atoms with Gasteiger partial charge in [-0.25, -0.2) is 18.4 Å². The molecule has 1 fully saturated rings. The first-order valence-electron chi connectivity index (χ1n) is 13.9. The van der Waals surface area contributed by atoms with Gasteiger partial charge in [0.05, 0.1) is 17.0 Å². The molecule has 1 atom stereocenters. The van der Waals surface area contributed by atoms with Crippen molar-refractivity contribution in [3.8, 4) is 11.4 Å². The van der Waals surface area contributed by atoms with Gasteiger partial charge in [0.25, 0.3) is 0 Å². The monoisotopic (exact) mass is 644 g/mol. The Bertz CT molecular complexity index is 1750. The van der Waals surface area contributed by atoms with Crippen LogP contribution in [-0.4, -0.2) is 89.8 Å². The lowest BCUT2D eigenvalue weighted by atomic mass is 10.1. The number of ether oxygens (including phenoxy) is 1. The Labute approximate surface area is 261 Å². The number of amides is 1. The molecule has 43 heavy (non-hydrogen) atoms. The fraction of sp³-hybridized carbons (Fsp3) is 0.367. The molecule has 1 aliphatic heterocycles. The van der Waals surface area contributed by atoms with Crippen LogP contribution in [-0.2, 0) is 21.4 Å². The number of rotatable bonds is 10. The molecule has 3 heterocycles. The van der Waals surface area contributed by atoms with E-state index < -0.39 is 16.1 Å². The maximum Gasteiger partial charge on any atom is 0.245 e. The SMILES string of the molecule is Cc1cc(-n2ccnc2)c2cccc(OCc3c(Cl)ccc(S(=O)(=O)N4CCC[C@H]4C(=O)N(C)CCN(C)C)c3Cl)c2n1. The molecule has 2 aromatic heterocycles. The first-order chi connectivity index (χ1) is 20.5. The number of benzene rings is 2. The van der Waals surface area contributed by atoms with Gasteiger partial charge in [-0.3, -0.25) is 4.79 Å². The number of imidazole rings is 1. The maximum absolute atomic E-state index is 13.9. The quantitative estimate of drug-likeness (QED) is 0.245. The summed E-state index contributed by atoms with van der Waals surface area (Å²) >= 11 is 13.3. The third kappa shape index (κ3) is 6.37. The van der Waals surface area contributed by atoms with Crippen LogP contribution in [0.1, 0.15) is 24.1 Å². The predicted octanol–water partition coefficient (Wildman–Crippen LogP) is 4.79. The second-order valence-corrected chi connectivity index (χ2v) is 13.5. The number of para-hydroxylation sites is 1. The molecule has 0 unspecified atom stereocenters. The van der Waals surface area contributed by atoms with Gasteiger partial charge in [-0.05, 0) is 58.1 Å². The van der Waals surface area contributed by atoms with Crippen molar-refractivity contribution >= 4 is 50.0 Å². The molecule has 13 heteroatoms. The van der Waals surface area contributed by atoms with Gasteiger partial charge < -0.3 is 19.1 Å². The Balaban J connectivity index is 1.43. The highest BCUT2D eigenvalue weighted by atomic mass is 35.5. The van der Waals surface area contributed by atoms with Crippen LogP contribution < -0.4 is 4.74 Å². The molecule has 0 radical (unpaired) electrons. The molecule has 0 aliphatic carbocycles. The largest absolute Gasteiger partial charge is 0.487 e. The van der Waals surface area contributed by atoms with Crippen molar-refractivity contribution in [3.05, 3.63) is 76.4 Å². The summed E-state index contributed by atoms with van der Waals surface area (Å²) in [6, 6.07) is 9.66. The first-order valence-corrected chi connectivity index (χ1v) is 16.1. The van der Waals surface area contributed by atoms with Crippen LogP contribution in [0.25, 0.3) is 16.6 Å². The first kappa shape index (κ1) is 31.2. The number of hydrogen-bond acceptors (Lipinski definition) is 7. The molecule has 2 aromatic carbocycles. The normalized spacial score (nSPS) is 15.8. The molecule has 1 aliphatic rings. The van der Waals surface area contributed by atoms with Gasteiger partial charge >= 0.3 is 0 Å². The standard InChI is InChI=1S/C30H34Cl2N6O4S/c1-20-17-25(37-14-12-33-19-37)21-7-5-9-26(29(21)34-20)42-18-22-23(31)10-11-27(28(22)32)43(40,41)38-13-6-8-24(38)30(39)36(4)16-15-35(2)3/h5,7,9-12,14,17,19,24H,6,8,13,15-16,18H2,1-4H3/t24-/m0/s1. The Kier molecular flexibility index (Phi) is 9.29. The lowest BCUT2D eigenvalue weighted by Crippen LogP contribution is -2.47. The van der Waals surface area contributed by atoms with E-state index in [0.29, 0.717) is 42.8 Å². The highest BCUT2D eigenvalue weighted by Crippen LogP contribution is 2.37. The van der Waals surface area contributed by atoms with Gasteiger partial charge in [0.2, 0.25) is 15.9 Å². The second-order valence-electron chi connectivity index (χ2n) is 10.9. The average Bonchev–Trinajstić information content (AvgIpc) is 3.68. The number of fused-ring (bicyclic) bond motifs is 1. The van der Waals surface area contributed by atoms with Crippen LogP contribution in [0.5, 0.6) is 5.75 Å². The molecule has 4 aromatic rings. The van der Waals surface area contributed by atoms with E-state index in [1.54, 1.807) is 30.5 Å². The van der Waals surface area contributed by atoms with E-state index in [2.05, 4.69) is 4.98 Å². The number of aromatic nitrogens is 3. The van der Waals surface area contributed by atoms with Crippen molar-refractivity contribution in [3.63, 3.8) is 0 Å². The molecule has 0 bridgehead atoms. The maximum atomic E-state index is 13.9. The summed E-state index contributed by atoms with van der Waals surface area (Å²) in [6.45, 7) is 3.20. The summed E-state index contributed by atoms with van der Waals surface area (Å²) < 4.78 is 37.2. The number of carbonyl (C=O) groups excluding carboxylic acids is 1. The number of hydrogen-bond donors (Lipinski definition) is 0. The van der Waals surface area contributed by atoms with Crippen molar-refractivity contribution in [2.24, 2.45) is 0 Å². The summed E-state index contributed by atoms with van der Waals surface area (Å²) in [7, 11) is 1.43. The number of carbonyl (C=O) groups is 1. The van der Waals surface area contributed by atoms with Crippen LogP contribution >= 0.6 is 23.2 Å². The van der Waals surface area contributed by atoms with Gasteiger partial charge in [0, 0.05) is 60.7 Å². The Hall–Kier alpha value is -3.22. The zero-order valence-electron chi connectivity index (χ0n) is 24.5. The van der Waals surface area contributed by atoms with Gasteiger partial charge in [-0.1, -0.05) is 35.3 Å². The third-order valence-electron chi connectivity index (χ3n) is 7.55. The molecule has 0 saturated carbocycles. The number of pyridine rings is 1. The van der Waals surface area contributed by atoms with Gasteiger partial charge in [0.1, 0.15) is 28.8 Å². The number of sulfonamides is 1. The number of likely N-dealkylation sites (N-methyl/N-ethyl adjacent to an activating group) is 2. The summed E-state index contributed by atoms with van der Waals surface area (Å²) in [6.07, 6.45) is 6.30. The smallest absolute Gasteiger partial charge is 0.245 e. The highest BCUT2D eigenvalue weighted by Gasteiger charge is 2.41. The molecular weight excluding hydrogens is 611 g/mol. The fourth-order valence-corrected chi connectivity index (χ4v) is 7.75. The van der Waals surface area contributed by atoms with Gasteiger partial charge in [-0.15, -0.1) is 0 Å². The minimum atomic E-state index is -4.11. The predicted molar refractivity (Wildman–Crippen MR) is 168 cm³/mol.